The summed E-state index contributed by atoms with van der Waals surface area (Å²) in [6.45, 7) is 6.73. The summed E-state index contributed by atoms with van der Waals surface area (Å²) in [7, 11) is 0. The molecule has 2 rings (SSSR count). The molecule has 0 radical (unpaired) electrons. The van der Waals surface area contributed by atoms with Crippen molar-refractivity contribution in [3.8, 4) is 5.75 Å². The van der Waals surface area contributed by atoms with Crippen molar-refractivity contribution < 1.29 is 9.90 Å². The molecular weight excluding hydrogens is 240 g/mol. The fraction of sp³-hybridized carbons (Fsp3) is 0.333. The minimum atomic E-state index is -0.0743. The molecule has 1 aromatic heterocycles. The fourth-order valence-corrected chi connectivity index (χ4v) is 1.94. The van der Waals surface area contributed by atoms with Crippen LogP contribution in [0.1, 0.15) is 42.3 Å². The molecule has 0 aliphatic carbocycles. The van der Waals surface area contributed by atoms with Crippen LogP contribution < -0.4 is 0 Å². The number of benzene rings is 1. The molecule has 0 spiro atoms. The smallest absolute Gasteiger partial charge is 0.153 e. The number of aldehydes is 1. The average molecular weight is 258 g/mol. The van der Waals surface area contributed by atoms with E-state index in [0.717, 1.165) is 11.1 Å². The summed E-state index contributed by atoms with van der Waals surface area (Å²) < 4.78 is 1.86. The lowest BCUT2D eigenvalue weighted by Gasteiger charge is -2.21. The van der Waals surface area contributed by atoms with Crippen molar-refractivity contribution >= 4 is 6.29 Å². The van der Waals surface area contributed by atoms with Crippen LogP contribution in [0.4, 0.5) is 0 Å². The van der Waals surface area contributed by atoms with Crippen molar-refractivity contribution in [1.82, 2.24) is 9.55 Å². The second kappa shape index (κ2) is 4.88. The maximum absolute atomic E-state index is 11.1. The van der Waals surface area contributed by atoms with Crippen LogP contribution in [-0.2, 0) is 12.0 Å². The van der Waals surface area contributed by atoms with E-state index in [1.807, 2.05) is 16.8 Å². The van der Waals surface area contributed by atoms with Crippen LogP contribution in [0.5, 0.6) is 5.75 Å². The quantitative estimate of drug-likeness (QED) is 0.861. The zero-order valence-corrected chi connectivity index (χ0v) is 11.4. The molecule has 1 heterocycles. The van der Waals surface area contributed by atoms with Crippen molar-refractivity contribution in [2.24, 2.45) is 0 Å². The normalized spacial score (nSPS) is 11.5. The Hall–Kier alpha value is -2.10. The van der Waals surface area contributed by atoms with Gasteiger partial charge in [0.1, 0.15) is 5.75 Å². The van der Waals surface area contributed by atoms with Crippen LogP contribution in [-0.4, -0.2) is 20.9 Å². The molecule has 1 N–H and O–H groups in total. The molecule has 1 aromatic carbocycles. The highest BCUT2D eigenvalue weighted by Gasteiger charge is 2.18. The number of phenolic OH excluding ortho intramolecular Hbond substituents is 1. The van der Waals surface area contributed by atoms with Crippen LogP contribution in [0.25, 0.3) is 0 Å². The van der Waals surface area contributed by atoms with Gasteiger partial charge in [0.25, 0.3) is 0 Å². The Labute approximate surface area is 112 Å². The van der Waals surface area contributed by atoms with Gasteiger partial charge in [-0.25, -0.2) is 4.98 Å². The standard InChI is InChI=1S/C15H18N2O2/c1-15(2,3)13-6-11(8-17-5-4-16-10-17)14(19)12(7-13)9-18/h4-7,9-10,19H,8H2,1-3H3. The first-order chi connectivity index (χ1) is 8.91. The van der Waals surface area contributed by atoms with Gasteiger partial charge in [-0.3, -0.25) is 4.79 Å². The second-order valence-electron chi connectivity index (χ2n) is 5.68. The first kappa shape index (κ1) is 13.3. The number of imidazole rings is 1. The summed E-state index contributed by atoms with van der Waals surface area (Å²) in [5.74, 6) is 0.0525. The van der Waals surface area contributed by atoms with Gasteiger partial charge in [0.2, 0.25) is 0 Å². The van der Waals surface area contributed by atoms with E-state index in [1.165, 1.54) is 0 Å². The fourth-order valence-electron chi connectivity index (χ4n) is 1.94. The summed E-state index contributed by atoms with van der Waals surface area (Å²) in [6, 6.07) is 3.70. The molecule has 0 amide bonds. The molecule has 0 bridgehead atoms. The number of hydrogen-bond acceptors (Lipinski definition) is 3. The molecule has 19 heavy (non-hydrogen) atoms. The Kier molecular flexibility index (Phi) is 3.42. The zero-order valence-electron chi connectivity index (χ0n) is 11.4. The Morgan fingerprint density at radius 3 is 2.63 bits per heavy atom. The van der Waals surface area contributed by atoms with E-state index in [-0.39, 0.29) is 11.2 Å². The van der Waals surface area contributed by atoms with Crippen molar-refractivity contribution in [1.29, 1.82) is 0 Å². The summed E-state index contributed by atoms with van der Waals surface area (Å²) in [4.78, 5) is 15.1. The highest BCUT2D eigenvalue weighted by molar-refractivity contribution is 5.80. The van der Waals surface area contributed by atoms with Gasteiger partial charge >= 0.3 is 0 Å². The van der Waals surface area contributed by atoms with Gasteiger partial charge in [-0.05, 0) is 23.1 Å². The summed E-state index contributed by atoms with van der Waals surface area (Å²) in [5, 5.41) is 10.1. The highest BCUT2D eigenvalue weighted by Crippen LogP contribution is 2.30. The number of rotatable bonds is 3. The molecule has 4 nitrogen and oxygen atoms in total. The third-order valence-electron chi connectivity index (χ3n) is 3.12. The zero-order chi connectivity index (χ0) is 14.0. The molecule has 2 aromatic rings. The number of nitrogens with zero attached hydrogens (tertiary/aromatic N) is 2. The lowest BCUT2D eigenvalue weighted by Crippen LogP contribution is -2.13. The van der Waals surface area contributed by atoms with Gasteiger partial charge in [-0.1, -0.05) is 20.8 Å². The van der Waals surface area contributed by atoms with Crippen molar-refractivity contribution in [3.63, 3.8) is 0 Å². The maximum atomic E-state index is 11.1. The molecular formula is C15H18N2O2. The number of carbonyl (C=O) groups is 1. The lowest BCUT2D eigenvalue weighted by molar-refractivity contribution is 0.112. The Bertz CT molecular complexity index is 581. The van der Waals surface area contributed by atoms with Crippen LogP contribution in [0.2, 0.25) is 0 Å². The molecule has 100 valence electrons. The first-order valence-electron chi connectivity index (χ1n) is 6.19. The SMILES string of the molecule is CC(C)(C)c1cc(C=O)c(O)c(Cn2ccnc2)c1. The molecule has 0 unspecified atom stereocenters. The van der Waals surface area contributed by atoms with Crippen LogP contribution in [0.15, 0.2) is 30.9 Å². The van der Waals surface area contributed by atoms with Crippen LogP contribution >= 0.6 is 0 Å². The third kappa shape index (κ3) is 2.84. The van der Waals surface area contributed by atoms with E-state index in [2.05, 4.69) is 25.8 Å². The molecule has 0 saturated carbocycles. The number of aromatic hydroxyl groups is 1. The lowest BCUT2D eigenvalue weighted by atomic mass is 9.85. The second-order valence-corrected chi connectivity index (χ2v) is 5.68. The van der Waals surface area contributed by atoms with Crippen molar-refractivity contribution in [2.45, 2.75) is 32.7 Å². The van der Waals surface area contributed by atoms with Gasteiger partial charge in [-0.2, -0.15) is 0 Å². The van der Waals surface area contributed by atoms with Crippen LogP contribution in [0, 0.1) is 0 Å². The number of phenols is 1. The van der Waals surface area contributed by atoms with Gasteiger partial charge in [0, 0.05) is 18.0 Å². The Balaban J connectivity index is 2.49. The minimum absolute atomic E-state index is 0.0525. The predicted molar refractivity (Wildman–Crippen MR) is 73.5 cm³/mol. The monoisotopic (exact) mass is 258 g/mol. The Morgan fingerprint density at radius 1 is 1.37 bits per heavy atom. The largest absolute Gasteiger partial charge is 0.507 e. The first-order valence-corrected chi connectivity index (χ1v) is 6.19. The summed E-state index contributed by atoms with van der Waals surface area (Å²) in [5.41, 5.74) is 2.02. The molecule has 0 fully saturated rings. The van der Waals surface area contributed by atoms with E-state index in [0.29, 0.717) is 18.4 Å². The van der Waals surface area contributed by atoms with Gasteiger partial charge in [0.05, 0.1) is 18.4 Å². The van der Waals surface area contributed by atoms with Gasteiger partial charge in [-0.15, -0.1) is 0 Å². The molecule has 0 saturated heterocycles. The Morgan fingerprint density at radius 2 is 2.11 bits per heavy atom. The molecule has 0 aliphatic rings. The van der Waals surface area contributed by atoms with Gasteiger partial charge < -0.3 is 9.67 Å². The van der Waals surface area contributed by atoms with Gasteiger partial charge in [0.15, 0.2) is 6.29 Å². The number of aromatic nitrogens is 2. The highest BCUT2D eigenvalue weighted by atomic mass is 16.3. The predicted octanol–water partition coefficient (Wildman–Crippen LogP) is 2.75. The minimum Gasteiger partial charge on any atom is -0.507 e. The topological polar surface area (TPSA) is 55.1 Å². The van der Waals surface area contributed by atoms with E-state index in [4.69, 9.17) is 0 Å². The van der Waals surface area contributed by atoms with E-state index in [9.17, 15) is 9.90 Å². The molecule has 0 atom stereocenters. The summed E-state index contributed by atoms with van der Waals surface area (Å²) in [6.07, 6.45) is 5.89. The third-order valence-corrected chi connectivity index (χ3v) is 3.12. The number of carbonyl (C=O) groups excluding carboxylic acids is 1. The van der Waals surface area contributed by atoms with Crippen LogP contribution in [0.3, 0.4) is 0 Å². The van der Waals surface area contributed by atoms with Crippen molar-refractivity contribution in [3.05, 3.63) is 47.5 Å². The maximum Gasteiger partial charge on any atom is 0.153 e. The average Bonchev–Trinajstić information content (AvgIpc) is 2.83. The van der Waals surface area contributed by atoms with E-state index < -0.39 is 0 Å². The molecule has 4 heteroatoms. The summed E-state index contributed by atoms with van der Waals surface area (Å²) >= 11 is 0. The molecule has 0 aliphatic heterocycles. The van der Waals surface area contributed by atoms with E-state index in [1.54, 1.807) is 18.6 Å². The van der Waals surface area contributed by atoms with Crippen molar-refractivity contribution in [2.75, 3.05) is 0 Å². The number of hydrogen-bond donors (Lipinski definition) is 1. The van der Waals surface area contributed by atoms with E-state index >= 15 is 0 Å².